The second-order valence-corrected chi connectivity index (χ2v) is 2.45. The summed E-state index contributed by atoms with van der Waals surface area (Å²) < 4.78 is 0. The number of amidine groups is 1. The first kappa shape index (κ1) is 5.91. The lowest BCUT2D eigenvalue weighted by Crippen LogP contribution is -2.19. The molecule has 8 heavy (non-hydrogen) atoms. The number of hydrogen-bond acceptors (Lipinski definition) is 4. The molecule has 0 fully saturated rings. The van der Waals surface area contributed by atoms with Gasteiger partial charge in [-0.05, 0) is 0 Å². The molecule has 0 saturated carbocycles. The molecule has 0 atom stereocenters. The predicted octanol–water partition coefficient (Wildman–Crippen LogP) is -0.371. The first-order valence-corrected chi connectivity index (χ1v) is 3.44. The van der Waals surface area contributed by atoms with Crippen LogP contribution in [-0.4, -0.2) is 29.3 Å². The van der Waals surface area contributed by atoms with Crippen LogP contribution >= 0.6 is 11.8 Å². The van der Waals surface area contributed by atoms with E-state index in [1.807, 2.05) is 0 Å². The maximum atomic E-state index is 8.32. The van der Waals surface area contributed by atoms with Gasteiger partial charge < -0.3 is 10.4 Å². The van der Waals surface area contributed by atoms with E-state index in [2.05, 4.69) is 10.3 Å². The topological polar surface area (TPSA) is 44.6 Å². The van der Waals surface area contributed by atoms with Gasteiger partial charge >= 0.3 is 0 Å². The summed E-state index contributed by atoms with van der Waals surface area (Å²) in [6.45, 7) is 0.874. The average molecular weight is 132 g/mol. The summed E-state index contributed by atoms with van der Waals surface area (Å²) in [7, 11) is 0. The Kier molecular flexibility index (Phi) is 2.17. The van der Waals surface area contributed by atoms with Gasteiger partial charge in [-0.15, -0.1) is 0 Å². The molecule has 0 unspecified atom stereocenters. The van der Waals surface area contributed by atoms with Crippen molar-refractivity contribution in [2.75, 3.05) is 19.0 Å². The van der Waals surface area contributed by atoms with Crippen LogP contribution in [0.3, 0.4) is 0 Å². The summed E-state index contributed by atoms with van der Waals surface area (Å²) in [5.74, 6) is 1.04. The molecule has 0 amide bonds. The lowest BCUT2D eigenvalue weighted by Gasteiger charge is -1.96. The molecule has 1 rings (SSSR count). The van der Waals surface area contributed by atoms with E-state index in [1.165, 1.54) is 0 Å². The van der Waals surface area contributed by atoms with Gasteiger partial charge in [0.25, 0.3) is 0 Å². The highest BCUT2D eigenvalue weighted by molar-refractivity contribution is 8.14. The Labute approximate surface area is 52.2 Å². The van der Waals surface area contributed by atoms with Crippen LogP contribution in [-0.2, 0) is 0 Å². The molecule has 0 aromatic carbocycles. The van der Waals surface area contributed by atoms with E-state index < -0.39 is 0 Å². The van der Waals surface area contributed by atoms with Crippen LogP contribution in [0, 0.1) is 0 Å². The van der Waals surface area contributed by atoms with E-state index in [0.29, 0.717) is 0 Å². The van der Waals surface area contributed by atoms with Crippen LogP contribution in [0.4, 0.5) is 0 Å². The summed E-state index contributed by atoms with van der Waals surface area (Å²) in [4.78, 5) is 4.03. The van der Waals surface area contributed by atoms with Crippen LogP contribution in [0.25, 0.3) is 0 Å². The highest BCUT2D eigenvalue weighted by Crippen LogP contribution is 2.07. The normalized spacial score (nSPS) is 18.4. The molecule has 1 aliphatic rings. The molecule has 1 heterocycles. The standard InChI is InChI=1S/C4H8N2OS/c7-3-6-4-5-1-2-8-4/h7H,1-3H2,(H,5,6). The van der Waals surface area contributed by atoms with Crippen molar-refractivity contribution < 1.29 is 5.11 Å². The molecular weight excluding hydrogens is 124 g/mol. The Morgan fingerprint density at radius 2 is 2.75 bits per heavy atom. The monoisotopic (exact) mass is 132 g/mol. The minimum Gasteiger partial charge on any atom is -0.377 e. The van der Waals surface area contributed by atoms with Crippen molar-refractivity contribution in [3.05, 3.63) is 0 Å². The van der Waals surface area contributed by atoms with Gasteiger partial charge in [0, 0.05) is 5.75 Å². The average Bonchev–Trinajstić information content (AvgIpc) is 2.19. The Hall–Kier alpha value is -0.220. The summed E-state index contributed by atoms with van der Waals surface area (Å²) in [6, 6.07) is 0. The number of thioether (sulfide) groups is 1. The third-order valence-corrected chi connectivity index (χ3v) is 1.75. The number of rotatable bonds is 1. The SMILES string of the molecule is OCNC1=NCCS1. The largest absolute Gasteiger partial charge is 0.377 e. The molecule has 0 saturated heterocycles. The molecule has 0 aliphatic carbocycles. The summed E-state index contributed by atoms with van der Waals surface area (Å²) in [5, 5.41) is 11.9. The molecule has 0 bridgehead atoms. The zero-order valence-electron chi connectivity index (χ0n) is 4.42. The van der Waals surface area contributed by atoms with Gasteiger partial charge in [0.1, 0.15) is 6.73 Å². The van der Waals surface area contributed by atoms with Crippen molar-refractivity contribution in [2.24, 2.45) is 4.99 Å². The Morgan fingerprint density at radius 1 is 1.88 bits per heavy atom. The maximum absolute atomic E-state index is 8.32. The van der Waals surface area contributed by atoms with Crippen molar-refractivity contribution in [3.8, 4) is 0 Å². The van der Waals surface area contributed by atoms with Gasteiger partial charge in [0.2, 0.25) is 0 Å². The molecule has 0 aromatic rings. The Morgan fingerprint density at radius 3 is 3.25 bits per heavy atom. The molecule has 0 spiro atoms. The highest BCUT2D eigenvalue weighted by atomic mass is 32.2. The molecule has 3 nitrogen and oxygen atoms in total. The van der Waals surface area contributed by atoms with Gasteiger partial charge in [-0.3, -0.25) is 4.99 Å². The summed E-state index contributed by atoms with van der Waals surface area (Å²) >= 11 is 1.65. The quantitative estimate of drug-likeness (QED) is 0.478. The lowest BCUT2D eigenvalue weighted by molar-refractivity contribution is 0.287. The Bertz CT molecular complexity index is 104. The summed E-state index contributed by atoms with van der Waals surface area (Å²) in [5.41, 5.74) is 0. The summed E-state index contributed by atoms with van der Waals surface area (Å²) in [6.07, 6.45) is 0. The third kappa shape index (κ3) is 1.38. The van der Waals surface area contributed by atoms with Crippen molar-refractivity contribution in [1.82, 2.24) is 5.32 Å². The van der Waals surface area contributed by atoms with Gasteiger partial charge in [0.05, 0.1) is 6.54 Å². The number of nitrogens with zero attached hydrogens (tertiary/aromatic N) is 1. The number of hydrogen-bond donors (Lipinski definition) is 2. The minimum atomic E-state index is -0.00810. The number of aliphatic imine (C=N–C) groups is 1. The first-order chi connectivity index (χ1) is 3.93. The molecule has 1 aliphatic heterocycles. The van der Waals surface area contributed by atoms with Crippen LogP contribution in [0.1, 0.15) is 0 Å². The van der Waals surface area contributed by atoms with E-state index >= 15 is 0 Å². The van der Waals surface area contributed by atoms with Crippen molar-refractivity contribution in [1.29, 1.82) is 0 Å². The molecular formula is C4H8N2OS. The number of aliphatic hydroxyl groups is 1. The van der Waals surface area contributed by atoms with E-state index in [-0.39, 0.29) is 6.73 Å². The van der Waals surface area contributed by atoms with Gasteiger partial charge in [-0.25, -0.2) is 0 Å². The zero-order chi connectivity index (χ0) is 5.82. The van der Waals surface area contributed by atoms with Crippen LogP contribution in [0.2, 0.25) is 0 Å². The smallest absolute Gasteiger partial charge is 0.158 e. The van der Waals surface area contributed by atoms with E-state index in [4.69, 9.17) is 5.11 Å². The predicted molar refractivity (Wildman–Crippen MR) is 35.0 cm³/mol. The number of aliphatic hydroxyl groups excluding tert-OH is 1. The van der Waals surface area contributed by atoms with Crippen molar-refractivity contribution >= 4 is 16.9 Å². The fourth-order valence-corrected chi connectivity index (χ4v) is 1.23. The van der Waals surface area contributed by atoms with E-state index in [1.54, 1.807) is 11.8 Å². The van der Waals surface area contributed by atoms with Crippen molar-refractivity contribution in [3.63, 3.8) is 0 Å². The molecule has 2 N–H and O–H groups in total. The fourth-order valence-electron chi connectivity index (χ4n) is 0.510. The molecule has 0 radical (unpaired) electrons. The maximum Gasteiger partial charge on any atom is 0.158 e. The van der Waals surface area contributed by atoms with Crippen molar-refractivity contribution in [2.45, 2.75) is 0 Å². The zero-order valence-corrected chi connectivity index (χ0v) is 5.24. The second kappa shape index (κ2) is 2.94. The van der Waals surface area contributed by atoms with Crippen LogP contribution in [0.15, 0.2) is 4.99 Å². The number of nitrogens with one attached hydrogen (secondary N) is 1. The minimum absolute atomic E-state index is 0.00810. The molecule has 4 heteroatoms. The Balaban J connectivity index is 2.23. The third-order valence-electron chi connectivity index (χ3n) is 0.816. The van der Waals surface area contributed by atoms with Gasteiger partial charge in [-0.1, -0.05) is 11.8 Å². The van der Waals surface area contributed by atoms with Crippen LogP contribution in [0.5, 0.6) is 0 Å². The van der Waals surface area contributed by atoms with Crippen LogP contribution < -0.4 is 5.32 Å². The first-order valence-electron chi connectivity index (χ1n) is 2.45. The fraction of sp³-hybridized carbons (Fsp3) is 0.750. The second-order valence-electron chi connectivity index (χ2n) is 1.37. The lowest BCUT2D eigenvalue weighted by atomic mass is 10.8. The highest BCUT2D eigenvalue weighted by Gasteiger charge is 2.03. The van der Waals surface area contributed by atoms with Gasteiger partial charge in [0.15, 0.2) is 5.17 Å². The van der Waals surface area contributed by atoms with Gasteiger partial charge in [-0.2, -0.15) is 0 Å². The molecule has 46 valence electrons. The van der Waals surface area contributed by atoms with E-state index in [0.717, 1.165) is 17.5 Å². The molecule has 0 aromatic heterocycles. The van der Waals surface area contributed by atoms with E-state index in [9.17, 15) is 0 Å².